The molecular weight excluding hydrogens is 370 g/mol. The van der Waals surface area contributed by atoms with Crippen LogP contribution in [0.15, 0.2) is 46.7 Å². The van der Waals surface area contributed by atoms with Gasteiger partial charge in [-0.15, -0.1) is 0 Å². The van der Waals surface area contributed by atoms with Crippen molar-refractivity contribution in [3.8, 4) is 6.07 Å². The molecule has 0 radical (unpaired) electrons. The first-order chi connectivity index (χ1) is 14.1. The Labute approximate surface area is 167 Å². The number of anilines is 1. The second-order valence-corrected chi connectivity index (χ2v) is 6.86. The molecule has 1 aromatic heterocycles. The van der Waals surface area contributed by atoms with Crippen LogP contribution in [-0.4, -0.2) is 64.4 Å². The van der Waals surface area contributed by atoms with Gasteiger partial charge >= 0.3 is 0 Å². The maximum Gasteiger partial charge on any atom is 0.260 e. The Balaban J connectivity index is 1.29. The van der Waals surface area contributed by atoms with Crippen LogP contribution in [0.5, 0.6) is 0 Å². The molecule has 0 N–H and O–H groups in total. The number of amides is 2. The van der Waals surface area contributed by atoms with E-state index >= 15 is 0 Å². The number of nitrogens with zero attached hydrogens (tertiary/aromatic N) is 7. The zero-order chi connectivity index (χ0) is 20.2. The van der Waals surface area contributed by atoms with Crippen LogP contribution in [0.25, 0.3) is 0 Å². The number of aliphatic imine (C=N–C) groups is 2. The molecule has 0 spiro atoms. The fourth-order valence-corrected chi connectivity index (χ4v) is 3.43. The summed E-state index contributed by atoms with van der Waals surface area (Å²) in [4.78, 5) is 45.3. The van der Waals surface area contributed by atoms with Crippen LogP contribution in [0.3, 0.4) is 0 Å². The Morgan fingerprint density at radius 3 is 2.69 bits per heavy atom. The number of hydrogen-bond acceptors (Lipinski definition) is 7. The predicted octanol–water partition coefficient (Wildman–Crippen LogP) is 0.899. The molecule has 1 atom stereocenters. The topological polar surface area (TPSA) is 115 Å². The van der Waals surface area contributed by atoms with Crippen molar-refractivity contribution in [2.45, 2.75) is 12.8 Å². The number of allylic oxidation sites excluding steroid dienone is 3. The molecule has 1 aromatic rings. The van der Waals surface area contributed by atoms with Gasteiger partial charge in [0.2, 0.25) is 5.91 Å². The molecule has 0 saturated carbocycles. The number of amidine groups is 1. The van der Waals surface area contributed by atoms with E-state index in [1.807, 2.05) is 29.2 Å². The van der Waals surface area contributed by atoms with Crippen LogP contribution in [0.2, 0.25) is 0 Å². The Bertz CT molecular complexity index is 977. The monoisotopic (exact) mass is 389 g/mol. The van der Waals surface area contributed by atoms with Crippen molar-refractivity contribution in [3.63, 3.8) is 0 Å². The van der Waals surface area contributed by atoms with Crippen molar-refractivity contribution in [2.24, 2.45) is 15.9 Å². The number of aromatic nitrogens is 2. The fraction of sp³-hybridized carbons (Fsp3) is 0.350. The quantitative estimate of drug-likeness (QED) is 0.756. The highest BCUT2D eigenvalue weighted by molar-refractivity contribution is 6.21. The molecule has 2 amide bonds. The summed E-state index contributed by atoms with van der Waals surface area (Å²) in [6, 6.07) is 1.95. The summed E-state index contributed by atoms with van der Waals surface area (Å²) in [7, 11) is 0. The summed E-state index contributed by atoms with van der Waals surface area (Å²) in [6.45, 7) is 2.45. The molecule has 146 valence electrons. The van der Waals surface area contributed by atoms with E-state index in [1.165, 1.54) is 6.20 Å². The van der Waals surface area contributed by atoms with Gasteiger partial charge in [-0.2, -0.15) is 10.3 Å². The molecule has 0 bridgehead atoms. The average molecular weight is 389 g/mol. The average Bonchev–Trinajstić information content (AvgIpc) is 2.78. The van der Waals surface area contributed by atoms with Gasteiger partial charge in [-0.25, -0.2) is 15.0 Å². The summed E-state index contributed by atoms with van der Waals surface area (Å²) < 4.78 is 0. The minimum Gasteiger partial charge on any atom is -0.352 e. The first-order valence-corrected chi connectivity index (χ1v) is 9.44. The maximum atomic E-state index is 12.6. The van der Waals surface area contributed by atoms with Gasteiger partial charge in [0.25, 0.3) is 5.91 Å². The first kappa shape index (κ1) is 18.7. The number of rotatable bonds is 4. The van der Waals surface area contributed by atoms with Crippen LogP contribution in [-0.2, 0) is 9.59 Å². The van der Waals surface area contributed by atoms with E-state index in [2.05, 4.69) is 20.0 Å². The molecule has 1 fully saturated rings. The van der Waals surface area contributed by atoms with Gasteiger partial charge in [-0.1, -0.05) is 18.2 Å². The molecule has 4 rings (SSSR count). The molecule has 3 aliphatic rings. The molecule has 3 heterocycles. The Hall–Kier alpha value is -3.67. The summed E-state index contributed by atoms with van der Waals surface area (Å²) in [5.41, 5.74) is 0.966. The van der Waals surface area contributed by atoms with Crippen molar-refractivity contribution >= 4 is 29.2 Å². The van der Waals surface area contributed by atoms with Gasteiger partial charge in [0.05, 0.1) is 18.1 Å². The third kappa shape index (κ3) is 4.11. The highest BCUT2D eigenvalue weighted by Gasteiger charge is 2.27. The van der Waals surface area contributed by atoms with Gasteiger partial charge < -0.3 is 9.80 Å². The zero-order valence-electron chi connectivity index (χ0n) is 15.7. The zero-order valence-corrected chi connectivity index (χ0v) is 15.7. The molecule has 1 aliphatic carbocycles. The number of hydrogen-bond donors (Lipinski definition) is 0. The Kier molecular flexibility index (Phi) is 5.24. The molecule has 29 heavy (non-hydrogen) atoms. The van der Waals surface area contributed by atoms with Crippen LogP contribution >= 0.6 is 0 Å². The fourth-order valence-electron chi connectivity index (χ4n) is 3.43. The molecule has 2 aliphatic heterocycles. The van der Waals surface area contributed by atoms with Crippen LogP contribution in [0, 0.1) is 17.2 Å². The van der Waals surface area contributed by atoms with Crippen molar-refractivity contribution in [3.05, 3.63) is 42.4 Å². The standard InChI is InChI=1S/C20H19N7O2/c21-11-14-12-23-18(13-22-14)26-7-9-27(10-8-26)19(28)6-5-17-24-16-4-2-1-3-15(16)20(29)25-17/h1-4,12-13,15H,5-10H2. The number of carbonyl (C=O) groups excluding carboxylic acids is 2. The lowest BCUT2D eigenvalue weighted by atomic mass is 9.96. The summed E-state index contributed by atoms with van der Waals surface area (Å²) >= 11 is 0. The molecule has 1 saturated heterocycles. The van der Waals surface area contributed by atoms with Crippen LogP contribution < -0.4 is 4.90 Å². The van der Waals surface area contributed by atoms with E-state index in [9.17, 15) is 9.59 Å². The highest BCUT2D eigenvalue weighted by Crippen LogP contribution is 2.18. The Morgan fingerprint density at radius 1 is 1.14 bits per heavy atom. The highest BCUT2D eigenvalue weighted by atomic mass is 16.2. The van der Waals surface area contributed by atoms with Crippen molar-refractivity contribution < 1.29 is 9.59 Å². The van der Waals surface area contributed by atoms with Gasteiger partial charge in [0.15, 0.2) is 5.69 Å². The van der Waals surface area contributed by atoms with E-state index < -0.39 is 5.92 Å². The third-order valence-electron chi connectivity index (χ3n) is 5.04. The number of piperazine rings is 1. The first-order valence-electron chi connectivity index (χ1n) is 9.44. The second-order valence-electron chi connectivity index (χ2n) is 6.86. The molecule has 9 heteroatoms. The minimum atomic E-state index is -0.391. The van der Waals surface area contributed by atoms with Gasteiger partial charge in [-0.3, -0.25) is 9.59 Å². The van der Waals surface area contributed by atoms with Crippen molar-refractivity contribution in [1.82, 2.24) is 14.9 Å². The van der Waals surface area contributed by atoms with Crippen molar-refractivity contribution in [1.29, 1.82) is 5.26 Å². The lowest BCUT2D eigenvalue weighted by Crippen LogP contribution is -2.49. The third-order valence-corrected chi connectivity index (χ3v) is 5.04. The number of nitriles is 1. The Morgan fingerprint density at radius 2 is 1.97 bits per heavy atom. The summed E-state index contributed by atoms with van der Waals surface area (Å²) in [5.74, 6) is 0.521. The van der Waals surface area contributed by atoms with E-state index in [0.29, 0.717) is 50.0 Å². The summed E-state index contributed by atoms with van der Waals surface area (Å²) in [6.07, 6.45) is 10.9. The van der Waals surface area contributed by atoms with Gasteiger partial charge in [0, 0.05) is 39.0 Å². The molecule has 9 nitrogen and oxygen atoms in total. The van der Waals surface area contributed by atoms with Crippen LogP contribution in [0.1, 0.15) is 18.5 Å². The van der Waals surface area contributed by atoms with Crippen LogP contribution in [0.4, 0.5) is 5.82 Å². The van der Waals surface area contributed by atoms with E-state index in [1.54, 1.807) is 17.2 Å². The smallest absolute Gasteiger partial charge is 0.260 e. The lowest BCUT2D eigenvalue weighted by molar-refractivity contribution is -0.131. The minimum absolute atomic E-state index is 0.0205. The number of carbonyl (C=O) groups is 2. The predicted molar refractivity (Wildman–Crippen MR) is 106 cm³/mol. The number of fused-ring (bicyclic) bond motifs is 1. The van der Waals surface area contributed by atoms with Gasteiger partial charge in [-0.05, 0) is 6.08 Å². The summed E-state index contributed by atoms with van der Waals surface area (Å²) in [5, 5.41) is 8.80. The molecule has 0 aromatic carbocycles. The molecular formula is C20H19N7O2. The molecule has 1 unspecified atom stereocenters. The maximum absolute atomic E-state index is 12.6. The van der Waals surface area contributed by atoms with E-state index in [4.69, 9.17) is 5.26 Å². The SMILES string of the molecule is N#Cc1cnc(N2CCN(C(=O)CCC3=NC(=O)C4C=CC=CC4=N3)CC2)cn1. The normalized spacial score (nSPS) is 20.7. The van der Waals surface area contributed by atoms with E-state index in [0.717, 1.165) is 0 Å². The van der Waals surface area contributed by atoms with Crippen molar-refractivity contribution in [2.75, 3.05) is 31.1 Å². The largest absolute Gasteiger partial charge is 0.352 e. The van der Waals surface area contributed by atoms with Gasteiger partial charge in [0.1, 0.15) is 23.6 Å². The second kappa shape index (κ2) is 8.14. The van der Waals surface area contributed by atoms with E-state index in [-0.39, 0.29) is 23.9 Å². The lowest BCUT2D eigenvalue weighted by Gasteiger charge is -2.35.